The van der Waals surface area contributed by atoms with Crippen LogP contribution >= 0.6 is 0 Å². The second-order valence-corrected chi connectivity index (χ2v) is 13.4. The van der Waals surface area contributed by atoms with Crippen LogP contribution in [-0.2, 0) is 14.4 Å². The number of nitrogens with two attached hydrogens (primary N) is 1. The first-order chi connectivity index (χ1) is 23.6. The lowest BCUT2D eigenvalue weighted by atomic mass is 9.51. The molecule has 3 aromatic rings. The number of nitrogens with one attached hydrogen (secondary N) is 2. The third kappa shape index (κ3) is 5.03. The number of aromatic hydroxyl groups is 1. The number of phenols is 1. The van der Waals surface area contributed by atoms with Gasteiger partial charge in [0.2, 0.25) is 5.78 Å². The van der Waals surface area contributed by atoms with Gasteiger partial charge >= 0.3 is 6.03 Å². The summed E-state index contributed by atoms with van der Waals surface area (Å²) in [6.45, 7) is 3.36. The summed E-state index contributed by atoms with van der Waals surface area (Å²) in [5, 5.41) is 53.8. The molecule has 3 aromatic carbocycles. The van der Waals surface area contributed by atoms with Crippen molar-refractivity contribution in [3.63, 3.8) is 0 Å². The third-order valence-corrected chi connectivity index (χ3v) is 10.5. The minimum absolute atomic E-state index is 0.0872. The zero-order chi connectivity index (χ0) is 36.4. The predicted octanol–water partition coefficient (Wildman–Crippen LogP) is 4.07. The Morgan fingerprint density at radius 3 is 2.26 bits per heavy atom. The number of amides is 3. The standard InChI is InChI=1S/C37H38N4O9/c1-5-18(42)15-21-24-16(2)19-13-14-23(40-36(49)39-22-12-8-10-17-9-6-7-11-20(17)22)30(43)25(19)31(44)26(24)33(46)37(50)28(21)29(41(3)4)32(45)27(34(37)47)35(38)48/h6-14,16,21,24,28-29,43,45-46,50H,5,15H2,1-4H3,(H2,38,48)(H2,39,40,49)/t16-,21-,24+,28+,29-,37+/m1/s1. The molecule has 6 atom stereocenters. The van der Waals surface area contributed by atoms with E-state index in [4.69, 9.17) is 5.73 Å². The predicted molar refractivity (Wildman–Crippen MR) is 184 cm³/mol. The van der Waals surface area contributed by atoms with Gasteiger partial charge in [-0.2, -0.15) is 0 Å². The molecular formula is C37H38N4O9. The van der Waals surface area contributed by atoms with E-state index in [1.54, 1.807) is 32.0 Å². The van der Waals surface area contributed by atoms with Gasteiger partial charge in [-0.25, -0.2) is 4.79 Å². The molecule has 0 aromatic heterocycles. The van der Waals surface area contributed by atoms with E-state index in [1.807, 2.05) is 30.3 Å². The SMILES string of the molecule is CCC(=O)C[C@@H]1[C@H]2C(=C(O)[C@]3(O)C(=O)C(C(N)=O)=C(O)[C@H](N(C)C)[C@H]13)C(=O)c1c(ccc(NC(=O)Nc3cccc4ccccc34)c1O)[C@H]2C. The lowest BCUT2D eigenvalue weighted by Gasteiger charge is -2.55. The van der Waals surface area contributed by atoms with Crippen molar-refractivity contribution in [1.29, 1.82) is 0 Å². The van der Waals surface area contributed by atoms with E-state index >= 15 is 0 Å². The number of primary amides is 1. The highest BCUT2D eigenvalue weighted by atomic mass is 16.3. The molecule has 0 saturated carbocycles. The van der Waals surface area contributed by atoms with Crippen LogP contribution in [0.1, 0.15) is 48.5 Å². The molecule has 3 aliphatic rings. The van der Waals surface area contributed by atoms with E-state index < -0.39 is 87.2 Å². The number of carbonyl (C=O) groups is 5. The number of ketones is 3. The highest BCUT2D eigenvalue weighted by Crippen LogP contribution is 2.59. The fraction of sp³-hybridized carbons (Fsp3) is 0.324. The van der Waals surface area contributed by atoms with Gasteiger partial charge in [0.05, 0.1) is 23.0 Å². The van der Waals surface area contributed by atoms with Crippen LogP contribution in [-0.4, -0.2) is 80.4 Å². The number of aliphatic hydroxyl groups excluding tert-OH is 2. The number of urea groups is 1. The zero-order valence-corrected chi connectivity index (χ0v) is 27.9. The number of benzene rings is 3. The molecule has 0 saturated heterocycles. The van der Waals surface area contributed by atoms with Crippen molar-refractivity contribution in [1.82, 2.24) is 4.90 Å². The fourth-order valence-corrected chi connectivity index (χ4v) is 8.22. The van der Waals surface area contributed by atoms with E-state index in [1.165, 1.54) is 25.1 Å². The number of phenolic OH excluding ortho intramolecular Hbond substituents is 1. The molecule has 0 bridgehead atoms. The number of rotatable bonds is 7. The number of likely N-dealkylation sites (N-methyl/N-ethyl adjacent to an activating group) is 1. The van der Waals surface area contributed by atoms with Crippen molar-refractivity contribution in [2.75, 3.05) is 24.7 Å². The topological polar surface area (TPSA) is 220 Å². The Morgan fingerprint density at radius 1 is 0.940 bits per heavy atom. The zero-order valence-electron chi connectivity index (χ0n) is 27.9. The number of hydrogen-bond acceptors (Lipinski definition) is 10. The van der Waals surface area contributed by atoms with Crippen molar-refractivity contribution in [2.45, 2.75) is 44.2 Å². The van der Waals surface area contributed by atoms with Gasteiger partial charge in [-0.05, 0) is 49.0 Å². The van der Waals surface area contributed by atoms with Gasteiger partial charge in [0.25, 0.3) is 5.91 Å². The quantitative estimate of drug-likeness (QED) is 0.140. The van der Waals surface area contributed by atoms with Crippen LogP contribution in [0.15, 0.2) is 77.3 Å². The van der Waals surface area contributed by atoms with Crippen LogP contribution in [0.5, 0.6) is 5.75 Å². The summed E-state index contributed by atoms with van der Waals surface area (Å²) in [5.74, 6) is -10.4. The third-order valence-electron chi connectivity index (χ3n) is 10.5. The number of allylic oxidation sites excluding steroid dienone is 1. The molecular weight excluding hydrogens is 644 g/mol. The van der Waals surface area contributed by atoms with E-state index in [9.17, 15) is 44.4 Å². The lowest BCUT2D eigenvalue weighted by Crippen LogP contribution is -2.67. The van der Waals surface area contributed by atoms with E-state index in [2.05, 4.69) is 10.6 Å². The first kappa shape index (κ1) is 34.3. The van der Waals surface area contributed by atoms with Gasteiger partial charge in [0.15, 0.2) is 17.1 Å². The van der Waals surface area contributed by atoms with E-state index in [0.29, 0.717) is 11.3 Å². The van der Waals surface area contributed by atoms with E-state index in [-0.39, 0.29) is 29.9 Å². The Bertz CT molecular complexity index is 2060. The summed E-state index contributed by atoms with van der Waals surface area (Å²) in [6, 6.07) is 13.8. The van der Waals surface area contributed by atoms with Gasteiger partial charge < -0.3 is 36.8 Å². The smallest absolute Gasteiger partial charge is 0.323 e. The number of Topliss-reactive ketones (excluding diaryl/α,β-unsaturated/α-hetero) is 3. The summed E-state index contributed by atoms with van der Waals surface area (Å²) in [5.41, 5.74) is 1.62. The maximum absolute atomic E-state index is 14.4. The van der Waals surface area contributed by atoms with Crippen molar-refractivity contribution >= 4 is 51.4 Å². The largest absolute Gasteiger partial charge is 0.510 e. The summed E-state index contributed by atoms with van der Waals surface area (Å²) < 4.78 is 0. The van der Waals surface area contributed by atoms with Gasteiger partial charge in [-0.1, -0.05) is 56.3 Å². The first-order valence-electron chi connectivity index (χ1n) is 16.2. The molecule has 0 fully saturated rings. The summed E-state index contributed by atoms with van der Waals surface area (Å²) in [7, 11) is 3.05. The molecule has 0 radical (unpaired) electrons. The molecule has 8 N–H and O–H groups in total. The van der Waals surface area contributed by atoms with Crippen LogP contribution in [0, 0.1) is 17.8 Å². The second-order valence-electron chi connectivity index (χ2n) is 13.4. The second kappa shape index (κ2) is 12.4. The normalized spacial score (nSPS) is 26.0. The number of carbonyl (C=O) groups excluding carboxylic acids is 5. The number of fused-ring (bicyclic) bond motifs is 4. The Labute approximate surface area is 287 Å². The van der Waals surface area contributed by atoms with Gasteiger partial charge in [0.1, 0.15) is 22.9 Å². The van der Waals surface area contributed by atoms with Crippen LogP contribution in [0.2, 0.25) is 0 Å². The molecule has 0 unspecified atom stereocenters. The van der Waals surface area contributed by atoms with Crippen LogP contribution < -0.4 is 16.4 Å². The monoisotopic (exact) mass is 682 g/mol. The Morgan fingerprint density at radius 2 is 1.60 bits per heavy atom. The molecule has 6 rings (SSSR count). The Hall–Kier alpha value is -5.53. The average molecular weight is 683 g/mol. The highest BCUT2D eigenvalue weighted by Gasteiger charge is 2.67. The van der Waals surface area contributed by atoms with Crippen molar-refractivity contribution in [2.24, 2.45) is 23.5 Å². The Kier molecular flexibility index (Phi) is 8.53. The average Bonchev–Trinajstić information content (AvgIpc) is 3.06. The summed E-state index contributed by atoms with van der Waals surface area (Å²) in [6.07, 6.45) is -0.154. The molecule has 13 heteroatoms. The molecule has 260 valence electrons. The lowest BCUT2D eigenvalue weighted by molar-refractivity contribution is -0.156. The van der Waals surface area contributed by atoms with Crippen LogP contribution in [0.4, 0.5) is 16.2 Å². The fourth-order valence-electron chi connectivity index (χ4n) is 8.22. The first-order valence-corrected chi connectivity index (χ1v) is 16.2. The molecule has 3 amide bonds. The van der Waals surface area contributed by atoms with Gasteiger partial charge in [-0.15, -0.1) is 0 Å². The van der Waals surface area contributed by atoms with Crippen molar-refractivity contribution in [3.8, 4) is 5.75 Å². The molecule has 13 nitrogen and oxygen atoms in total. The highest BCUT2D eigenvalue weighted by molar-refractivity contribution is 6.25. The van der Waals surface area contributed by atoms with Crippen LogP contribution in [0.3, 0.4) is 0 Å². The Balaban J connectivity index is 1.47. The van der Waals surface area contributed by atoms with Gasteiger partial charge in [-0.3, -0.25) is 24.1 Å². The number of nitrogens with zero attached hydrogens (tertiary/aromatic N) is 1. The summed E-state index contributed by atoms with van der Waals surface area (Å²) in [4.78, 5) is 68.5. The van der Waals surface area contributed by atoms with Crippen molar-refractivity contribution < 1.29 is 44.4 Å². The van der Waals surface area contributed by atoms with Crippen molar-refractivity contribution in [3.05, 3.63) is 88.4 Å². The minimum Gasteiger partial charge on any atom is -0.510 e. The maximum Gasteiger partial charge on any atom is 0.323 e. The van der Waals surface area contributed by atoms with Gasteiger partial charge in [0, 0.05) is 35.6 Å². The van der Waals surface area contributed by atoms with Crippen LogP contribution in [0.25, 0.3) is 10.8 Å². The maximum atomic E-state index is 14.4. The molecule has 3 aliphatic carbocycles. The minimum atomic E-state index is -2.94. The number of anilines is 2. The molecule has 0 heterocycles. The molecule has 0 aliphatic heterocycles. The molecule has 50 heavy (non-hydrogen) atoms. The number of aliphatic hydroxyl groups is 3. The summed E-state index contributed by atoms with van der Waals surface area (Å²) >= 11 is 0. The van der Waals surface area contributed by atoms with E-state index in [0.717, 1.165) is 10.8 Å². The molecule has 0 spiro atoms. The number of hydrogen-bond donors (Lipinski definition) is 7.